The Hall–Kier alpha value is -2.28. The van der Waals surface area contributed by atoms with Crippen LogP contribution in [0.15, 0.2) is 12.1 Å². The van der Waals surface area contributed by atoms with E-state index in [0.29, 0.717) is 42.6 Å². The van der Waals surface area contributed by atoms with Crippen molar-refractivity contribution in [1.82, 2.24) is 9.80 Å². The Kier molecular flexibility index (Phi) is 6.25. The number of anilines is 1. The molecule has 1 aliphatic rings. The molecule has 1 saturated heterocycles. The van der Waals surface area contributed by atoms with E-state index in [1.54, 1.807) is 21.9 Å². The van der Waals surface area contributed by atoms with E-state index < -0.39 is 0 Å². The monoisotopic (exact) mass is 367 g/mol. The van der Waals surface area contributed by atoms with Gasteiger partial charge in [0.15, 0.2) is 0 Å². The third-order valence-electron chi connectivity index (χ3n) is 4.24. The highest BCUT2D eigenvalue weighted by Gasteiger charge is 2.25. The molecule has 0 saturated carbocycles. The second-order valence-electron chi connectivity index (χ2n) is 5.90. The van der Waals surface area contributed by atoms with Gasteiger partial charge in [-0.1, -0.05) is 11.6 Å². The van der Waals surface area contributed by atoms with Crippen LogP contribution in [0.4, 0.5) is 5.69 Å². The molecule has 0 atom stereocenters. The van der Waals surface area contributed by atoms with Crippen molar-refractivity contribution in [1.29, 1.82) is 0 Å². The summed E-state index contributed by atoms with van der Waals surface area (Å²) in [5, 5.41) is 0.528. The van der Waals surface area contributed by atoms with Crippen molar-refractivity contribution in [3.8, 4) is 5.75 Å². The first-order chi connectivity index (χ1) is 11.9. The number of hydrogen-bond donors (Lipinski definition) is 0. The standard InChI is InChI=1S/C17H22ClN3O4/c1-12-8-15(16(25-3)9-14(12)18)21(13(2)23)10-17(24)20-6-4-19(11-22)5-7-20/h8-9,11H,4-7,10H2,1-3H3. The van der Waals surface area contributed by atoms with Crippen LogP contribution in [0.5, 0.6) is 5.75 Å². The predicted molar refractivity (Wildman–Crippen MR) is 95.0 cm³/mol. The maximum absolute atomic E-state index is 12.6. The van der Waals surface area contributed by atoms with Gasteiger partial charge in [0.2, 0.25) is 18.2 Å². The molecule has 1 aromatic rings. The number of carbonyl (C=O) groups excluding carboxylic acids is 3. The van der Waals surface area contributed by atoms with Gasteiger partial charge in [0.1, 0.15) is 12.3 Å². The quantitative estimate of drug-likeness (QED) is 0.736. The number of aryl methyl sites for hydroxylation is 1. The molecule has 25 heavy (non-hydrogen) atoms. The van der Waals surface area contributed by atoms with Crippen LogP contribution in [-0.4, -0.2) is 67.9 Å². The fourth-order valence-corrected chi connectivity index (χ4v) is 2.85. The molecule has 0 bridgehead atoms. The molecule has 1 heterocycles. The van der Waals surface area contributed by atoms with Crippen LogP contribution in [-0.2, 0) is 14.4 Å². The number of rotatable bonds is 5. The molecule has 0 aliphatic carbocycles. The third kappa shape index (κ3) is 4.42. The molecule has 0 radical (unpaired) electrons. The van der Waals surface area contributed by atoms with E-state index in [-0.39, 0.29) is 18.4 Å². The van der Waals surface area contributed by atoms with E-state index in [0.717, 1.165) is 12.0 Å². The van der Waals surface area contributed by atoms with Crippen LogP contribution in [0.25, 0.3) is 0 Å². The lowest BCUT2D eigenvalue weighted by molar-refractivity contribution is -0.134. The summed E-state index contributed by atoms with van der Waals surface area (Å²) in [6.45, 7) is 5.05. The second-order valence-corrected chi connectivity index (χ2v) is 6.31. The molecular weight excluding hydrogens is 346 g/mol. The number of amides is 3. The summed E-state index contributed by atoms with van der Waals surface area (Å²) in [4.78, 5) is 40.2. The van der Waals surface area contributed by atoms with Gasteiger partial charge in [-0.25, -0.2) is 0 Å². The summed E-state index contributed by atoms with van der Waals surface area (Å²) in [6, 6.07) is 3.37. The first-order valence-electron chi connectivity index (χ1n) is 7.96. The normalized spacial score (nSPS) is 14.2. The average molecular weight is 368 g/mol. The lowest BCUT2D eigenvalue weighted by Crippen LogP contribution is -2.51. The highest BCUT2D eigenvalue weighted by atomic mass is 35.5. The van der Waals surface area contributed by atoms with Crippen molar-refractivity contribution in [3.63, 3.8) is 0 Å². The van der Waals surface area contributed by atoms with E-state index in [2.05, 4.69) is 0 Å². The van der Waals surface area contributed by atoms with Crippen LogP contribution in [0.2, 0.25) is 5.02 Å². The number of benzene rings is 1. The molecule has 7 nitrogen and oxygen atoms in total. The molecule has 0 aromatic heterocycles. The Morgan fingerprint density at radius 3 is 2.44 bits per heavy atom. The van der Waals surface area contributed by atoms with Gasteiger partial charge in [-0.3, -0.25) is 19.3 Å². The molecule has 3 amide bonds. The van der Waals surface area contributed by atoms with Crippen LogP contribution >= 0.6 is 11.6 Å². The first kappa shape index (κ1) is 19.1. The van der Waals surface area contributed by atoms with Crippen LogP contribution in [0.1, 0.15) is 12.5 Å². The number of nitrogens with zero attached hydrogens (tertiary/aromatic N) is 3. The smallest absolute Gasteiger partial charge is 0.242 e. The van der Waals surface area contributed by atoms with Crippen LogP contribution in [0.3, 0.4) is 0 Å². The number of methoxy groups -OCH3 is 1. The Balaban J connectivity index is 2.19. The van der Waals surface area contributed by atoms with Gasteiger partial charge in [0.25, 0.3) is 0 Å². The SMILES string of the molecule is COc1cc(Cl)c(C)cc1N(CC(=O)N1CCN(C=O)CC1)C(C)=O. The molecule has 2 rings (SSSR count). The van der Waals surface area contributed by atoms with Crippen molar-refractivity contribution in [2.24, 2.45) is 0 Å². The Morgan fingerprint density at radius 1 is 1.28 bits per heavy atom. The Bertz CT molecular complexity index is 672. The number of piperazine rings is 1. The minimum atomic E-state index is -0.264. The van der Waals surface area contributed by atoms with Gasteiger partial charge in [0.05, 0.1) is 12.8 Å². The van der Waals surface area contributed by atoms with Crippen molar-refractivity contribution >= 4 is 35.5 Å². The van der Waals surface area contributed by atoms with Crippen molar-refractivity contribution in [2.45, 2.75) is 13.8 Å². The molecule has 0 unspecified atom stereocenters. The molecule has 136 valence electrons. The van der Waals surface area contributed by atoms with Crippen molar-refractivity contribution in [3.05, 3.63) is 22.7 Å². The lowest BCUT2D eigenvalue weighted by Gasteiger charge is -2.34. The topological polar surface area (TPSA) is 70.2 Å². The molecule has 0 N–H and O–H groups in total. The minimum Gasteiger partial charge on any atom is -0.495 e. The van der Waals surface area contributed by atoms with Crippen LogP contribution in [0, 0.1) is 6.92 Å². The summed E-state index contributed by atoms with van der Waals surface area (Å²) < 4.78 is 5.32. The van der Waals surface area contributed by atoms with Gasteiger partial charge < -0.3 is 14.5 Å². The van der Waals surface area contributed by atoms with Gasteiger partial charge in [-0.15, -0.1) is 0 Å². The van der Waals surface area contributed by atoms with Gasteiger partial charge in [-0.2, -0.15) is 0 Å². The number of hydrogen-bond acceptors (Lipinski definition) is 4. The zero-order valence-electron chi connectivity index (χ0n) is 14.6. The number of halogens is 1. The molecular formula is C17H22ClN3O4. The van der Waals surface area contributed by atoms with E-state index in [1.807, 2.05) is 6.92 Å². The van der Waals surface area contributed by atoms with Crippen LogP contribution < -0.4 is 9.64 Å². The molecule has 1 fully saturated rings. The first-order valence-corrected chi connectivity index (χ1v) is 8.34. The van der Waals surface area contributed by atoms with E-state index in [9.17, 15) is 14.4 Å². The fraction of sp³-hybridized carbons (Fsp3) is 0.471. The largest absolute Gasteiger partial charge is 0.495 e. The van der Waals surface area contributed by atoms with Crippen molar-refractivity contribution < 1.29 is 19.1 Å². The zero-order valence-corrected chi connectivity index (χ0v) is 15.4. The molecule has 0 spiro atoms. The minimum absolute atomic E-state index is 0.0894. The summed E-state index contributed by atoms with van der Waals surface area (Å²) >= 11 is 6.11. The van der Waals surface area contributed by atoms with E-state index >= 15 is 0 Å². The summed E-state index contributed by atoms with van der Waals surface area (Å²) in [5.74, 6) is -0.000297. The molecule has 1 aromatic carbocycles. The highest BCUT2D eigenvalue weighted by Crippen LogP contribution is 2.34. The summed E-state index contributed by atoms with van der Waals surface area (Å²) in [7, 11) is 1.49. The maximum Gasteiger partial charge on any atom is 0.242 e. The molecule has 1 aliphatic heterocycles. The summed E-state index contributed by atoms with van der Waals surface area (Å²) in [5.41, 5.74) is 1.30. The number of carbonyl (C=O) groups is 3. The van der Waals surface area contributed by atoms with Gasteiger partial charge in [0, 0.05) is 44.2 Å². The van der Waals surface area contributed by atoms with Gasteiger partial charge >= 0.3 is 0 Å². The maximum atomic E-state index is 12.6. The Morgan fingerprint density at radius 2 is 1.92 bits per heavy atom. The molecule has 8 heteroatoms. The lowest BCUT2D eigenvalue weighted by atomic mass is 10.1. The zero-order chi connectivity index (χ0) is 18.6. The predicted octanol–water partition coefficient (Wildman–Crippen LogP) is 1.31. The van der Waals surface area contributed by atoms with E-state index in [4.69, 9.17) is 16.3 Å². The fourth-order valence-electron chi connectivity index (χ4n) is 2.70. The highest BCUT2D eigenvalue weighted by molar-refractivity contribution is 6.31. The number of ether oxygens (including phenoxy) is 1. The van der Waals surface area contributed by atoms with E-state index in [1.165, 1.54) is 18.9 Å². The Labute approximate surface area is 152 Å². The van der Waals surface area contributed by atoms with Gasteiger partial charge in [-0.05, 0) is 18.6 Å². The van der Waals surface area contributed by atoms with Crippen molar-refractivity contribution in [2.75, 3.05) is 44.7 Å². The second kappa shape index (κ2) is 8.20. The summed E-state index contributed by atoms with van der Waals surface area (Å²) in [6.07, 6.45) is 0.783. The third-order valence-corrected chi connectivity index (χ3v) is 4.65. The average Bonchev–Trinajstić information content (AvgIpc) is 2.61.